The normalized spacial score (nSPS) is 13.1. The Balaban J connectivity index is 1.43. The lowest BCUT2D eigenvalue weighted by Gasteiger charge is -2.18. The summed E-state index contributed by atoms with van der Waals surface area (Å²) in [6.45, 7) is 2.39. The summed E-state index contributed by atoms with van der Waals surface area (Å²) in [5.41, 5.74) is 5.77. The number of amides is 1. The summed E-state index contributed by atoms with van der Waals surface area (Å²) >= 11 is 1.72. The van der Waals surface area contributed by atoms with E-state index < -0.39 is 0 Å². The number of carbonyl (C=O) groups excluding carboxylic acids is 1. The predicted molar refractivity (Wildman–Crippen MR) is 116 cm³/mol. The first kappa shape index (κ1) is 18.0. The molecule has 29 heavy (non-hydrogen) atoms. The van der Waals surface area contributed by atoms with Gasteiger partial charge in [0.15, 0.2) is 0 Å². The van der Waals surface area contributed by atoms with Crippen LogP contribution in [0, 0.1) is 12.7 Å². The smallest absolute Gasteiger partial charge is 0.231 e. The second-order valence-electron chi connectivity index (χ2n) is 7.36. The van der Waals surface area contributed by atoms with Gasteiger partial charge < -0.3 is 4.90 Å². The Morgan fingerprint density at radius 1 is 1.24 bits per heavy atom. The number of fused-ring (bicyclic) bond motifs is 2. The third kappa shape index (κ3) is 3.12. The van der Waals surface area contributed by atoms with E-state index in [-0.39, 0.29) is 18.1 Å². The molecule has 0 aliphatic carbocycles. The van der Waals surface area contributed by atoms with Crippen molar-refractivity contribution in [1.29, 1.82) is 0 Å². The average Bonchev–Trinajstić information content (AvgIpc) is 3.35. The highest BCUT2D eigenvalue weighted by Gasteiger charge is 2.25. The van der Waals surface area contributed by atoms with Crippen molar-refractivity contribution >= 4 is 33.0 Å². The monoisotopic (exact) mass is 402 g/mol. The number of benzene rings is 2. The molecule has 144 valence electrons. The van der Waals surface area contributed by atoms with Gasteiger partial charge in [0.2, 0.25) is 5.91 Å². The van der Waals surface area contributed by atoms with Crippen LogP contribution in [0.15, 0.2) is 60.2 Å². The van der Waals surface area contributed by atoms with Crippen molar-refractivity contribution < 1.29 is 9.18 Å². The van der Waals surface area contributed by atoms with E-state index in [9.17, 15) is 9.18 Å². The van der Waals surface area contributed by atoms with E-state index in [1.54, 1.807) is 24.3 Å². The molecule has 2 aromatic heterocycles. The number of hydrogen-bond acceptors (Lipinski definition) is 3. The van der Waals surface area contributed by atoms with Crippen molar-refractivity contribution in [1.82, 2.24) is 4.98 Å². The Morgan fingerprint density at radius 2 is 2.14 bits per heavy atom. The molecule has 1 aliphatic heterocycles. The summed E-state index contributed by atoms with van der Waals surface area (Å²) in [5.74, 6) is -0.255. The van der Waals surface area contributed by atoms with Crippen LogP contribution in [0.5, 0.6) is 0 Å². The van der Waals surface area contributed by atoms with Crippen LogP contribution in [0.1, 0.15) is 16.7 Å². The maximum absolute atomic E-state index is 13.8. The van der Waals surface area contributed by atoms with Crippen molar-refractivity contribution in [3.05, 3.63) is 82.7 Å². The predicted octanol–water partition coefficient (Wildman–Crippen LogP) is 5.54. The number of nitrogens with zero attached hydrogens (tertiary/aromatic N) is 2. The molecule has 2 aromatic carbocycles. The van der Waals surface area contributed by atoms with Crippen LogP contribution in [0.2, 0.25) is 0 Å². The summed E-state index contributed by atoms with van der Waals surface area (Å²) < 4.78 is 15.0. The molecule has 4 aromatic rings. The number of halogens is 1. The van der Waals surface area contributed by atoms with Gasteiger partial charge in [-0.3, -0.25) is 9.78 Å². The van der Waals surface area contributed by atoms with E-state index in [1.807, 2.05) is 35.5 Å². The van der Waals surface area contributed by atoms with Gasteiger partial charge in [-0.1, -0.05) is 18.2 Å². The molecule has 0 unspecified atom stereocenters. The number of carbonyl (C=O) groups is 1. The Hall–Kier alpha value is -3.05. The highest BCUT2D eigenvalue weighted by atomic mass is 32.1. The van der Waals surface area contributed by atoms with Gasteiger partial charge in [0.05, 0.1) is 6.42 Å². The zero-order valence-corrected chi connectivity index (χ0v) is 16.8. The molecular weight excluding hydrogens is 383 g/mol. The summed E-state index contributed by atoms with van der Waals surface area (Å²) in [5, 5.41) is 3.32. The Morgan fingerprint density at radius 3 is 3.03 bits per heavy atom. The molecule has 5 rings (SSSR count). The Kier molecular flexibility index (Phi) is 4.40. The summed E-state index contributed by atoms with van der Waals surface area (Å²) in [4.78, 5) is 19.0. The van der Waals surface area contributed by atoms with E-state index in [0.717, 1.165) is 28.6 Å². The quantitative estimate of drug-likeness (QED) is 0.451. The molecule has 1 amide bonds. The zero-order chi connectivity index (χ0) is 20.0. The fourth-order valence-electron chi connectivity index (χ4n) is 4.03. The minimum Gasteiger partial charge on any atom is -0.312 e. The number of pyridine rings is 1. The van der Waals surface area contributed by atoms with Gasteiger partial charge in [-0.15, -0.1) is 11.3 Å². The van der Waals surface area contributed by atoms with E-state index >= 15 is 0 Å². The summed E-state index contributed by atoms with van der Waals surface area (Å²) in [7, 11) is 0. The van der Waals surface area contributed by atoms with Crippen molar-refractivity contribution in [2.45, 2.75) is 19.8 Å². The SMILES string of the molecule is Cc1c(F)cccc1CC(=O)N1CCc2cc(-c3csc4ccncc34)ccc21. The highest BCUT2D eigenvalue weighted by molar-refractivity contribution is 7.17. The third-order valence-corrected chi connectivity index (χ3v) is 6.65. The number of hydrogen-bond donors (Lipinski definition) is 0. The standard InChI is InChI=1S/C24H19FN2OS/c1-15-16(3-2-4-21(15)25)12-24(28)27-10-8-18-11-17(5-6-22(18)27)20-14-29-23-7-9-26-13-19(20)23/h2-7,9,11,13-14H,8,10,12H2,1H3. The van der Waals surface area contributed by atoms with Gasteiger partial charge in [-0.05, 0) is 65.2 Å². The van der Waals surface area contributed by atoms with Gasteiger partial charge in [0.1, 0.15) is 5.82 Å². The van der Waals surface area contributed by atoms with Crippen molar-refractivity contribution in [2.24, 2.45) is 0 Å². The lowest BCUT2D eigenvalue weighted by atomic mass is 10.0. The molecule has 1 aliphatic rings. The largest absolute Gasteiger partial charge is 0.312 e. The number of anilines is 1. The molecule has 0 bridgehead atoms. The van der Waals surface area contributed by atoms with Crippen LogP contribution in [0.25, 0.3) is 21.2 Å². The average molecular weight is 402 g/mol. The van der Waals surface area contributed by atoms with Crippen LogP contribution in [-0.2, 0) is 17.6 Å². The molecule has 0 atom stereocenters. The van der Waals surface area contributed by atoms with Crippen LogP contribution in [0.3, 0.4) is 0 Å². The van der Waals surface area contributed by atoms with Gasteiger partial charge in [0.25, 0.3) is 0 Å². The first-order chi connectivity index (χ1) is 14.1. The summed E-state index contributed by atoms with van der Waals surface area (Å²) in [6.07, 6.45) is 4.77. The molecular formula is C24H19FN2OS. The molecule has 0 N–H and O–H groups in total. The fourth-order valence-corrected chi connectivity index (χ4v) is 4.96. The van der Waals surface area contributed by atoms with E-state index in [0.29, 0.717) is 12.1 Å². The molecule has 0 fully saturated rings. The number of thiophene rings is 1. The number of aromatic nitrogens is 1. The first-order valence-electron chi connectivity index (χ1n) is 9.60. The zero-order valence-electron chi connectivity index (χ0n) is 16.0. The van der Waals surface area contributed by atoms with Gasteiger partial charge >= 0.3 is 0 Å². The van der Waals surface area contributed by atoms with E-state index in [4.69, 9.17) is 0 Å². The minimum absolute atomic E-state index is 0.00961. The third-order valence-electron chi connectivity index (χ3n) is 5.68. The fraction of sp³-hybridized carbons (Fsp3) is 0.167. The maximum Gasteiger partial charge on any atom is 0.231 e. The van der Waals surface area contributed by atoms with Crippen molar-refractivity contribution in [3.63, 3.8) is 0 Å². The first-order valence-corrected chi connectivity index (χ1v) is 10.5. The lowest BCUT2D eigenvalue weighted by Crippen LogP contribution is -2.30. The lowest BCUT2D eigenvalue weighted by molar-refractivity contribution is -0.117. The van der Waals surface area contributed by atoms with Crippen LogP contribution >= 0.6 is 11.3 Å². The highest BCUT2D eigenvalue weighted by Crippen LogP contribution is 2.37. The van der Waals surface area contributed by atoms with E-state index in [2.05, 4.69) is 22.5 Å². The summed E-state index contributed by atoms with van der Waals surface area (Å²) in [6, 6.07) is 13.2. The van der Waals surface area contributed by atoms with Crippen molar-refractivity contribution in [2.75, 3.05) is 11.4 Å². The minimum atomic E-state index is -0.265. The van der Waals surface area contributed by atoms with Gasteiger partial charge in [0, 0.05) is 40.3 Å². The molecule has 3 heterocycles. The molecule has 0 saturated heterocycles. The number of rotatable bonds is 3. The maximum atomic E-state index is 13.8. The molecule has 0 spiro atoms. The van der Waals surface area contributed by atoms with Gasteiger partial charge in [-0.2, -0.15) is 0 Å². The second kappa shape index (κ2) is 7.08. The second-order valence-corrected chi connectivity index (χ2v) is 8.27. The van der Waals surface area contributed by atoms with E-state index in [1.165, 1.54) is 21.9 Å². The van der Waals surface area contributed by atoms with Crippen LogP contribution in [0.4, 0.5) is 10.1 Å². The van der Waals surface area contributed by atoms with Crippen LogP contribution in [-0.4, -0.2) is 17.4 Å². The van der Waals surface area contributed by atoms with Gasteiger partial charge in [-0.25, -0.2) is 4.39 Å². The molecule has 5 heteroatoms. The topological polar surface area (TPSA) is 33.2 Å². The van der Waals surface area contributed by atoms with Crippen LogP contribution < -0.4 is 4.90 Å². The van der Waals surface area contributed by atoms with Crippen molar-refractivity contribution in [3.8, 4) is 11.1 Å². The molecule has 0 saturated carbocycles. The molecule has 0 radical (unpaired) electrons. The Bertz CT molecular complexity index is 1250. The molecule has 3 nitrogen and oxygen atoms in total. The Labute approximate surface area is 172 Å².